The molecule has 182 valence electrons. The number of carbonyl (C=O) groups excluding carboxylic acids is 2. The Kier molecular flexibility index (Phi) is 4.72. The summed E-state index contributed by atoms with van der Waals surface area (Å²) in [5.74, 6) is -5.96. The summed E-state index contributed by atoms with van der Waals surface area (Å²) in [7, 11) is 0. The molecule has 2 amide bonds. The van der Waals surface area contributed by atoms with Crippen molar-refractivity contribution < 1.29 is 36.3 Å². The summed E-state index contributed by atoms with van der Waals surface area (Å²) in [5.41, 5.74) is 1.34. The van der Waals surface area contributed by atoms with Gasteiger partial charge in [-0.2, -0.15) is 23.0 Å². The van der Waals surface area contributed by atoms with Crippen LogP contribution in [0.4, 0.5) is 27.6 Å². The second kappa shape index (κ2) is 7.12. The van der Waals surface area contributed by atoms with Gasteiger partial charge in [0.15, 0.2) is 6.20 Å². The molecule has 3 fully saturated rings. The zero-order valence-electron chi connectivity index (χ0n) is 17.7. The highest BCUT2D eigenvalue weighted by Gasteiger charge is 2.67. The molecule has 2 aromatic heterocycles. The number of primary amides is 1. The molecular weight excluding hydrogens is 465 g/mol. The molecule has 0 saturated heterocycles. The van der Waals surface area contributed by atoms with Crippen molar-refractivity contribution in [2.24, 2.45) is 17.1 Å². The van der Waals surface area contributed by atoms with Crippen molar-refractivity contribution in [1.82, 2.24) is 9.78 Å². The van der Waals surface area contributed by atoms with E-state index in [0.29, 0.717) is 19.3 Å². The number of fused-ring (bicyclic) bond motifs is 1. The zero-order chi connectivity index (χ0) is 24.6. The van der Waals surface area contributed by atoms with Crippen LogP contribution >= 0.6 is 0 Å². The SMILES string of the molecule is NC(=O)c1cc(NC(=O)c2c(C(F)(F)F)c(C3CC3)nn2CC23CC2CC(F)(F)C3)cc[n+]1[O-]. The largest absolute Gasteiger partial charge is 0.618 e. The smallest absolute Gasteiger partial charge is 0.420 e. The van der Waals surface area contributed by atoms with Gasteiger partial charge in [0.2, 0.25) is 5.92 Å². The Morgan fingerprint density at radius 1 is 1.29 bits per heavy atom. The fraction of sp³-hybridized carbons (Fsp3) is 0.524. The van der Waals surface area contributed by atoms with E-state index in [1.807, 2.05) is 0 Å². The number of halogens is 5. The van der Waals surface area contributed by atoms with E-state index in [-0.39, 0.29) is 35.0 Å². The molecule has 13 heteroatoms. The van der Waals surface area contributed by atoms with E-state index in [4.69, 9.17) is 5.73 Å². The number of alkyl halides is 5. The van der Waals surface area contributed by atoms with E-state index in [1.54, 1.807) is 0 Å². The standard InChI is InChI=1S/C21H20F5N5O3/c22-20(23)7-11-6-19(11,8-20)9-30-16(14(21(24,25)26)15(29-30)10-1-2-10)18(33)28-12-3-4-31(34)13(5-12)17(27)32/h3-5,10-11H,1-2,6-9H2,(H2,27,32)(H,28,33). The molecule has 3 aliphatic carbocycles. The van der Waals surface area contributed by atoms with Crippen LogP contribution in [-0.2, 0) is 12.7 Å². The number of pyridine rings is 1. The van der Waals surface area contributed by atoms with Crippen molar-refractivity contribution in [2.75, 3.05) is 5.32 Å². The van der Waals surface area contributed by atoms with Crippen molar-refractivity contribution in [3.63, 3.8) is 0 Å². The molecule has 2 unspecified atom stereocenters. The maximum Gasteiger partial charge on any atom is 0.420 e. The van der Waals surface area contributed by atoms with Crippen LogP contribution in [0.15, 0.2) is 18.3 Å². The van der Waals surface area contributed by atoms with Gasteiger partial charge in [-0.3, -0.25) is 14.3 Å². The number of hydrogen-bond donors (Lipinski definition) is 2. The van der Waals surface area contributed by atoms with Crippen LogP contribution < -0.4 is 15.8 Å². The number of aromatic nitrogens is 3. The maximum atomic E-state index is 14.1. The molecule has 3 N–H and O–H groups in total. The molecule has 3 aliphatic rings. The summed E-state index contributed by atoms with van der Waals surface area (Å²) in [4.78, 5) is 24.5. The normalized spacial score (nSPS) is 25.1. The highest BCUT2D eigenvalue weighted by Crippen LogP contribution is 2.68. The van der Waals surface area contributed by atoms with E-state index in [0.717, 1.165) is 23.0 Å². The lowest BCUT2D eigenvalue weighted by molar-refractivity contribution is -0.607. The van der Waals surface area contributed by atoms with Crippen LogP contribution in [0.1, 0.15) is 70.3 Å². The Morgan fingerprint density at radius 3 is 2.56 bits per heavy atom. The van der Waals surface area contributed by atoms with Crippen molar-refractivity contribution >= 4 is 17.5 Å². The summed E-state index contributed by atoms with van der Waals surface area (Å²) < 4.78 is 71.2. The van der Waals surface area contributed by atoms with Crippen molar-refractivity contribution in [2.45, 2.75) is 56.7 Å². The van der Waals surface area contributed by atoms with Gasteiger partial charge in [-0.15, -0.1) is 0 Å². The fourth-order valence-corrected chi connectivity index (χ4v) is 5.12. The third-order valence-electron chi connectivity index (χ3n) is 6.85. The van der Waals surface area contributed by atoms with Gasteiger partial charge in [0, 0.05) is 37.4 Å². The summed E-state index contributed by atoms with van der Waals surface area (Å²) in [5, 5.41) is 18.0. The van der Waals surface area contributed by atoms with Gasteiger partial charge in [0.25, 0.3) is 11.6 Å². The first-order valence-corrected chi connectivity index (χ1v) is 10.7. The summed E-state index contributed by atoms with van der Waals surface area (Å²) >= 11 is 0. The highest BCUT2D eigenvalue weighted by molar-refractivity contribution is 6.05. The number of nitrogens with two attached hydrogens (primary N) is 1. The van der Waals surface area contributed by atoms with Crippen LogP contribution in [-0.4, -0.2) is 27.5 Å². The average Bonchev–Trinajstić information content (AvgIpc) is 3.59. The molecule has 34 heavy (non-hydrogen) atoms. The van der Waals surface area contributed by atoms with E-state index < -0.39 is 58.6 Å². The van der Waals surface area contributed by atoms with Gasteiger partial charge < -0.3 is 16.3 Å². The van der Waals surface area contributed by atoms with E-state index in [2.05, 4.69) is 10.4 Å². The number of amides is 2. The predicted octanol–water partition coefficient (Wildman–Crippen LogP) is 3.20. The number of hydrogen-bond acceptors (Lipinski definition) is 4. The number of rotatable bonds is 6. The number of carbonyl (C=O) groups is 2. The van der Waals surface area contributed by atoms with Gasteiger partial charge in [0.05, 0.1) is 11.4 Å². The van der Waals surface area contributed by atoms with Crippen LogP contribution in [0.25, 0.3) is 0 Å². The van der Waals surface area contributed by atoms with Gasteiger partial charge in [-0.1, -0.05) is 0 Å². The first kappa shape index (κ1) is 22.5. The molecule has 0 aliphatic heterocycles. The Morgan fingerprint density at radius 2 is 2.00 bits per heavy atom. The molecule has 8 nitrogen and oxygen atoms in total. The number of nitrogens with zero attached hydrogens (tertiary/aromatic N) is 3. The molecule has 2 heterocycles. The predicted molar refractivity (Wildman–Crippen MR) is 106 cm³/mol. The monoisotopic (exact) mass is 485 g/mol. The van der Waals surface area contributed by atoms with Gasteiger partial charge >= 0.3 is 12.1 Å². The topological polar surface area (TPSA) is 117 Å². The second-order valence-electron chi connectivity index (χ2n) is 9.48. The minimum absolute atomic E-state index is 0.130. The quantitative estimate of drug-likeness (QED) is 0.371. The zero-order valence-corrected chi connectivity index (χ0v) is 17.7. The minimum atomic E-state index is -4.91. The Bertz CT molecular complexity index is 1210. The molecule has 0 bridgehead atoms. The lowest BCUT2D eigenvalue weighted by Gasteiger charge is -2.18. The van der Waals surface area contributed by atoms with E-state index >= 15 is 0 Å². The number of nitrogens with one attached hydrogen (secondary N) is 1. The first-order valence-electron chi connectivity index (χ1n) is 10.7. The minimum Gasteiger partial charge on any atom is -0.618 e. The Hall–Kier alpha value is -3.25. The lowest BCUT2D eigenvalue weighted by atomic mass is 10.0. The Labute approximate surface area is 189 Å². The molecule has 2 aromatic rings. The molecule has 0 aromatic carbocycles. The van der Waals surface area contributed by atoms with Crippen molar-refractivity contribution in [1.29, 1.82) is 0 Å². The Balaban J connectivity index is 1.54. The summed E-state index contributed by atoms with van der Waals surface area (Å²) in [6.45, 7) is -0.228. The van der Waals surface area contributed by atoms with Crippen LogP contribution in [0.2, 0.25) is 0 Å². The third-order valence-corrected chi connectivity index (χ3v) is 6.85. The number of anilines is 1. The molecule has 0 radical (unpaired) electrons. The fourth-order valence-electron chi connectivity index (χ4n) is 5.12. The van der Waals surface area contributed by atoms with E-state index in [9.17, 15) is 36.7 Å². The van der Waals surface area contributed by atoms with E-state index in [1.165, 1.54) is 0 Å². The van der Waals surface area contributed by atoms with Crippen molar-refractivity contribution in [3.05, 3.63) is 46.2 Å². The lowest BCUT2D eigenvalue weighted by Crippen LogP contribution is -2.37. The summed E-state index contributed by atoms with van der Waals surface area (Å²) in [6.07, 6.45) is -3.41. The van der Waals surface area contributed by atoms with Crippen molar-refractivity contribution in [3.8, 4) is 0 Å². The maximum absolute atomic E-state index is 14.1. The second-order valence-corrected chi connectivity index (χ2v) is 9.48. The van der Waals surface area contributed by atoms with Gasteiger partial charge in [-0.25, -0.2) is 8.78 Å². The molecule has 5 rings (SSSR count). The van der Waals surface area contributed by atoms with Gasteiger partial charge in [0.1, 0.15) is 11.3 Å². The molecule has 0 spiro atoms. The average molecular weight is 485 g/mol. The summed E-state index contributed by atoms with van der Waals surface area (Å²) in [6, 6.07) is 2.04. The third kappa shape index (κ3) is 3.86. The molecule has 3 saturated carbocycles. The van der Waals surface area contributed by atoms with Crippen LogP contribution in [0.5, 0.6) is 0 Å². The molecule has 2 atom stereocenters. The first-order chi connectivity index (χ1) is 15.8. The van der Waals surface area contributed by atoms with Crippen LogP contribution in [0, 0.1) is 16.5 Å². The van der Waals surface area contributed by atoms with Crippen LogP contribution in [0.3, 0.4) is 0 Å². The molecular formula is C21H20F5N5O3. The van der Waals surface area contributed by atoms with Gasteiger partial charge in [-0.05, 0) is 30.6 Å². The highest BCUT2D eigenvalue weighted by atomic mass is 19.4.